The first-order valence-electron chi connectivity index (χ1n) is 19.7. The molecule has 0 aliphatic rings. The third-order valence-corrected chi connectivity index (χ3v) is 11.6. The van der Waals surface area contributed by atoms with Gasteiger partial charge < -0.3 is 4.90 Å². The van der Waals surface area contributed by atoms with Crippen LogP contribution >= 0.6 is 0 Å². The van der Waals surface area contributed by atoms with Crippen molar-refractivity contribution in [2.24, 2.45) is 0 Å². The molecule has 0 bridgehead atoms. The molecule has 57 heavy (non-hydrogen) atoms. The van der Waals surface area contributed by atoms with E-state index in [0.717, 1.165) is 17.1 Å². The van der Waals surface area contributed by atoms with Crippen molar-refractivity contribution in [1.29, 1.82) is 0 Å². The summed E-state index contributed by atoms with van der Waals surface area (Å²) < 4.78 is 0. The maximum Gasteiger partial charge on any atom is 0.0546 e. The van der Waals surface area contributed by atoms with Gasteiger partial charge in [-0.3, -0.25) is 0 Å². The van der Waals surface area contributed by atoms with Gasteiger partial charge in [0.25, 0.3) is 0 Å². The van der Waals surface area contributed by atoms with Gasteiger partial charge in [0.15, 0.2) is 0 Å². The Hall–Kier alpha value is -7.48. The minimum Gasteiger partial charge on any atom is -0.309 e. The average Bonchev–Trinajstić information content (AvgIpc) is 3.29. The Morgan fingerprint density at radius 3 is 1.44 bits per heavy atom. The van der Waals surface area contributed by atoms with Crippen molar-refractivity contribution in [1.82, 2.24) is 0 Å². The molecule has 0 heterocycles. The average molecular weight is 724 g/mol. The molecule has 0 radical (unpaired) electrons. The van der Waals surface area contributed by atoms with Crippen molar-refractivity contribution < 1.29 is 0 Å². The highest BCUT2D eigenvalue weighted by atomic mass is 15.1. The number of anilines is 3. The van der Waals surface area contributed by atoms with Crippen molar-refractivity contribution in [3.05, 3.63) is 224 Å². The van der Waals surface area contributed by atoms with E-state index in [4.69, 9.17) is 0 Å². The van der Waals surface area contributed by atoms with E-state index >= 15 is 0 Å². The van der Waals surface area contributed by atoms with E-state index < -0.39 is 0 Å². The summed E-state index contributed by atoms with van der Waals surface area (Å²) in [5.41, 5.74) is 10.5. The molecule has 0 saturated heterocycles. The maximum atomic E-state index is 2.48. The normalized spacial score (nSPS) is 11.5. The molecule has 266 valence electrons. The summed E-state index contributed by atoms with van der Waals surface area (Å²) in [6, 6.07) is 82.2. The predicted molar refractivity (Wildman–Crippen MR) is 245 cm³/mol. The van der Waals surface area contributed by atoms with Crippen LogP contribution in [0.15, 0.2) is 224 Å². The van der Waals surface area contributed by atoms with Crippen LogP contribution in [0.2, 0.25) is 0 Å². The zero-order valence-electron chi connectivity index (χ0n) is 31.3. The molecular formula is C56H37N. The predicted octanol–water partition coefficient (Wildman–Crippen LogP) is 15.9. The Labute approximate surface area is 332 Å². The molecule has 0 aliphatic carbocycles. The summed E-state index contributed by atoms with van der Waals surface area (Å²) in [5.74, 6) is 0. The van der Waals surface area contributed by atoms with Gasteiger partial charge in [-0.25, -0.2) is 0 Å². The minimum absolute atomic E-state index is 1.10. The molecule has 0 fully saturated rings. The van der Waals surface area contributed by atoms with E-state index in [1.807, 2.05) is 0 Å². The molecule has 0 atom stereocenters. The van der Waals surface area contributed by atoms with Gasteiger partial charge in [-0.1, -0.05) is 194 Å². The van der Waals surface area contributed by atoms with Crippen LogP contribution in [0, 0.1) is 0 Å². The lowest BCUT2D eigenvalue weighted by atomic mass is 9.92. The second-order valence-corrected chi connectivity index (χ2v) is 14.9. The molecule has 0 amide bonds. The van der Waals surface area contributed by atoms with Gasteiger partial charge in [0.05, 0.1) is 11.4 Å². The van der Waals surface area contributed by atoms with E-state index in [0.29, 0.717) is 0 Å². The highest BCUT2D eigenvalue weighted by Crippen LogP contribution is 2.47. The molecule has 0 aliphatic heterocycles. The third-order valence-electron chi connectivity index (χ3n) is 11.6. The number of nitrogens with zero attached hydrogens (tertiary/aromatic N) is 1. The van der Waals surface area contributed by atoms with Gasteiger partial charge in [-0.2, -0.15) is 0 Å². The van der Waals surface area contributed by atoms with E-state index in [1.165, 1.54) is 87.2 Å². The summed E-state index contributed by atoms with van der Waals surface area (Å²) in [7, 11) is 0. The SMILES string of the molecule is c1ccc2c(-c3ccc(-c4cccc5ccccc45)c(N(c4ccc(-c5ccc6c(ccc7ccccc76)c5)cc4)c4cccc5ccccc45)c3)cccc2c1. The van der Waals surface area contributed by atoms with Gasteiger partial charge in [-0.05, 0) is 107 Å². The smallest absolute Gasteiger partial charge is 0.0546 e. The van der Waals surface area contributed by atoms with Gasteiger partial charge >= 0.3 is 0 Å². The summed E-state index contributed by atoms with van der Waals surface area (Å²) in [4.78, 5) is 2.48. The van der Waals surface area contributed by atoms with E-state index in [-0.39, 0.29) is 0 Å². The van der Waals surface area contributed by atoms with Gasteiger partial charge in [0, 0.05) is 16.6 Å². The summed E-state index contributed by atoms with van der Waals surface area (Å²) >= 11 is 0. The Morgan fingerprint density at radius 2 is 0.719 bits per heavy atom. The summed E-state index contributed by atoms with van der Waals surface area (Å²) in [6.45, 7) is 0. The second-order valence-electron chi connectivity index (χ2n) is 14.9. The molecule has 1 nitrogen and oxygen atoms in total. The highest BCUT2D eigenvalue weighted by Gasteiger charge is 2.22. The third kappa shape index (κ3) is 5.72. The maximum absolute atomic E-state index is 2.48. The molecule has 0 unspecified atom stereocenters. The van der Waals surface area contributed by atoms with Crippen molar-refractivity contribution in [3.8, 4) is 33.4 Å². The number of rotatable bonds is 6. The van der Waals surface area contributed by atoms with Crippen LogP contribution in [0.1, 0.15) is 0 Å². The Bertz CT molecular complexity index is 3290. The number of fused-ring (bicyclic) bond motifs is 6. The lowest BCUT2D eigenvalue weighted by Gasteiger charge is -2.30. The second kappa shape index (κ2) is 13.7. The zero-order chi connectivity index (χ0) is 37.7. The highest BCUT2D eigenvalue weighted by molar-refractivity contribution is 6.09. The van der Waals surface area contributed by atoms with Crippen LogP contribution in [0.5, 0.6) is 0 Å². The quantitative estimate of drug-likeness (QED) is 0.154. The Kier molecular flexibility index (Phi) is 7.89. The molecule has 1 heteroatoms. The molecule has 0 saturated carbocycles. The number of hydrogen-bond donors (Lipinski definition) is 0. The molecule has 0 spiro atoms. The number of benzene rings is 11. The van der Waals surface area contributed by atoms with E-state index in [9.17, 15) is 0 Å². The van der Waals surface area contributed by atoms with Crippen LogP contribution in [0.25, 0.3) is 87.2 Å². The standard InChI is InChI=1S/C56H37N/c1-5-19-47-39(12-1)16-9-23-50(47)45-31-35-54(53-24-10-17-40-13-2-7-21-49(40)53)56(37-45)57(55-25-11-18-41-14-4-8-22-52(41)55)46-32-28-38(29-33-46)43-30-34-51-44(36-43)27-26-42-15-3-6-20-48(42)51/h1-37H. The van der Waals surface area contributed by atoms with Crippen LogP contribution in [-0.2, 0) is 0 Å². The Balaban J connectivity index is 1.14. The van der Waals surface area contributed by atoms with Crippen molar-refractivity contribution >= 4 is 70.9 Å². The number of hydrogen-bond acceptors (Lipinski definition) is 1. The summed E-state index contributed by atoms with van der Waals surface area (Å²) in [6.07, 6.45) is 0. The monoisotopic (exact) mass is 723 g/mol. The largest absolute Gasteiger partial charge is 0.309 e. The van der Waals surface area contributed by atoms with Crippen LogP contribution in [-0.4, -0.2) is 0 Å². The molecular weight excluding hydrogens is 687 g/mol. The lowest BCUT2D eigenvalue weighted by Crippen LogP contribution is -2.12. The van der Waals surface area contributed by atoms with Crippen molar-refractivity contribution in [2.45, 2.75) is 0 Å². The van der Waals surface area contributed by atoms with Gasteiger partial charge in [0.2, 0.25) is 0 Å². The van der Waals surface area contributed by atoms with Crippen LogP contribution in [0.3, 0.4) is 0 Å². The minimum atomic E-state index is 1.10. The zero-order valence-corrected chi connectivity index (χ0v) is 31.3. The topological polar surface area (TPSA) is 3.24 Å². The van der Waals surface area contributed by atoms with Crippen molar-refractivity contribution in [2.75, 3.05) is 4.90 Å². The van der Waals surface area contributed by atoms with Crippen molar-refractivity contribution in [3.63, 3.8) is 0 Å². The molecule has 11 aromatic rings. The molecule has 0 aromatic heterocycles. The Morgan fingerprint density at radius 1 is 0.228 bits per heavy atom. The van der Waals surface area contributed by atoms with Gasteiger partial charge in [0.1, 0.15) is 0 Å². The lowest BCUT2D eigenvalue weighted by molar-refractivity contribution is 1.30. The molecule has 0 N–H and O–H groups in total. The van der Waals surface area contributed by atoms with Gasteiger partial charge in [-0.15, -0.1) is 0 Å². The van der Waals surface area contributed by atoms with Crippen LogP contribution in [0.4, 0.5) is 17.1 Å². The fourth-order valence-corrected chi connectivity index (χ4v) is 8.86. The van der Waals surface area contributed by atoms with E-state index in [2.05, 4.69) is 229 Å². The van der Waals surface area contributed by atoms with E-state index in [1.54, 1.807) is 0 Å². The fraction of sp³-hybridized carbons (Fsp3) is 0. The first kappa shape index (κ1) is 32.9. The fourth-order valence-electron chi connectivity index (χ4n) is 8.86. The van der Waals surface area contributed by atoms with Crippen LogP contribution < -0.4 is 4.90 Å². The first-order chi connectivity index (χ1) is 28.3. The molecule has 11 aromatic carbocycles. The first-order valence-corrected chi connectivity index (χ1v) is 19.7. The summed E-state index contributed by atoms with van der Waals surface area (Å²) in [5, 5.41) is 12.4. The molecule has 11 rings (SSSR count).